The van der Waals surface area contributed by atoms with E-state index < -0.39 is 11.9 Å². The standard InChI is InChI=1S/C15H21N3O3/c1-9(2)13(18-10(3)19)15(21)17-8-11-5-4-6-12(7-11)14(16)20/h4-7,9,13H,8H2,1-3H3,(H2,16,20)(H,17,21)(H,18,19). The van der Waals surface area contributed by atoms with Gasteiger partial charge in [0.05, 0.1) is 0 Å². The number of rotatable bonds is 6. The van der Waals surface area contributed by atoms with Crippen LogP contribution < -0.4 is 16.4 Å². The second-order valence-corrected chi connectivity index (χ2v) is 5.20. The molecule has 0 spiro atoms. The highest BCUT2D eigenvalue weighted by Gasteiger charge is 2.22. The number of hydrogen-bond donors (Lipinski definition) is 3. The van der Waals surface area contributed by atoms with Gasteiger partial charge in [0.25, 0.3) is 0 Å². The molecule has 6 heteroatoms. The van der Waals surface area contributed by atoms with Crippen molar-refractivity contribution in [2.45, 2.75) is 33.4 Å². The maximum atomic E-state index is 12.1. The summed E-state index contributed by atoms with van der Waals surface area (Å²) in [7, 11) is 0. The molecule has 4 N–H and O–H groups in total. The highest BCUT2D eigenvalue weighted by Crippen LogP contribution is 2.06. The van der Waals surface area contributed by atoms with E-state index in [1.54, 1.807) is 24.3 Å². The van der Waals surface area contributed by atoms with Crippen molar-refractivity contribution < 1.29 is 14.4 Å². The van der Waals surface area contributed by atoms with Crippen LogP contribution in [0.4, 0.5) is 0 Å². The van der Waals surface area contributed by atoms with Gasteiger partial charge in [0.2, 0.25) is 17.7 Å². The molecule has 0 saturated carbocycles. The Kier molecular flexibility index (Phi) is 5.90. The molecular formula is C15H21N3O3. The minimum absolute atomic E-state index is 0.0224. The molecule has 6 nitrogen and oxygen atoms in total. The van der Waals surface area contributed by atoms with Crippen LogP contribution in [0.25, 0.3) is 0 Å². The maximum Gasteiger partial charge on any atom is 0.248 e. The fourth-order valence-corrected chi connectivity index (χ4v) is 1.89. The Morgan fingerprint density at radius 3 is 2.43 bits per heavy atom. The minimum Gasteiger partial charge on any atom is -0.366 e. The van der Waals surface area contributed by atoms with Crippen LogP contribution in [0.3, 0.4) is 0 Å². The lowest BCUT2D eigenvalue weighted by molar-refractivity contribution is -0.129. The summed E-state index contributed by atoms with van der Waals surface area (Å²) in [6, 6.07) is 6.15. The van der Waals surface area contributed by atoms with E-state index in [-0.39, 0.29) is 24.3 Å². The van der Waals surface area contributed by atoms with Crippen LogP contribution in [0, 0.1) is 5.92 Å². The zero-order valence-corrected chi connectivity index (χ0v) is 12.5. The lowest BCUT2D eigenvalue weighted by Crippen LogP contribution is -2.48. The first-order chi connectivity index (χ1) is 9.81. The normalized spacial score (nSPS) is 11.8. The minimum atomic E-state index is -0.582. The Bertz CT molecular complexity index is 541. The molecule has 1 atom stereocenters. The van der Waals surface area contributed by atoms with Gasteiger partial charge in [0, 0.05) is 19.0 Å². The van der Waals surface area contributed by atoms with E-state index in [1.807, 2.05) is 13.8 Å². The summed E-state index contributed by atoms with van der Waals surface area (Å²) < 4.78 is 0. The van der Waals surface area contributed by atoms with E-state index in [1.165, 1.54) is 6.92 Å². The first kappa shape index (κ1) is 16.7. The summed E-state index contributed by atoms with van der Waals surface area (Å²) >= 11 is 0. The highest BCUT2D eigenvalue weighted by molar-refractivity contribution is 5.93. The van der Waals surface area contributed by atoms with Gasteiger partial charge < -0.3 is 16.4 Å². The third kappa shape index (κ3) is 5.25. The van der Waals surface area contributed by atoms with Gasteiger partial charge in [0.1, 0.15) is 6.04 Å². The van der Waals surface area contributed by atoms with Crippen molar-refractivity contribution in [1.29, 1.82) is 0 Å². The van der Waals surface area contributed by atoms with Gasteiger partial charge in [-0.25, -0.2) is 0 Å². The molecular weight excluding hydrogens is 270 g/mol. The zero-order chi connectivity index (χ0) is 16.0. The van der Waals surface area contributed by atoms with E-state index in [0.717, 1.165) is 5.56 Å². The lowest BCUT2D eigenvalue weighted by Gasteiger charge is -2.21. The summed E-state index contributed by atoms with van der Waals surface area (Å²) in [6.07, 6.45) is 0. The summed E-state index contributed by atoms with van der Waals surface area (Å²) in [5.41, 5.74) is 6.37. The van der Waals surface area contributed by atoms with E-state index >= 15 is 0 Å². The van der Waals surface area contributed by atoms with E-state index in [2.05, 4.69) is 10.6 Å². The zero-order valence-electron chi connectivity index (χ0n) is 12.5. The van der Waals surface area contributed by atoms with Crippen LogP contribution >= 0.6 is 0 Å². The van der Waals surface area contributed by atoms with Crippen LogP contribution in [0.5, 0.6) is 0 Å². The largest absolute Gasteiger partial charge is 0.366 e. The van der Waals surface area contributed by atoms with Gasteiger partial charge >= 0.3 is 0 Å². The van der Waals surface area contributed by atoms with Crippen molar-refractivity contribution in [3.63, 3.8) is 0 Å². The molecule has 0 saturated heterocycles. The smallest absolute Gasteiger partial charge is 0.248 e. The summed E-state index contributed by atoms with van der Waals surface area (Å²) in [4.78, 5) is 34.3. The van der Waals surface area contributed by atoms with Crippen molar-refractivity contribution in [3.8, 4) is 0 Å². The number of carbonyl (C=O) groups excluding carboxylic acids is 3. The molecule has 0 aliphatic rings. The molecule has 114 valence electrons. The van der Waals surface area contributed by atoms with Crippen molar-refractivity contribution in [1.82, 2.24) is 10.6 Å². The number of carbonyl (C=O) groups is 3. The molecule has 0 aromatic heterocycles. The van der Waals surface area contributed by atoms with Crippen molar-refractivity contribution in [2.24, 2.45) is 11.7 Å². The fraction of sp³-hybridized carbons (Fsp3) is 0.400. The number of hydrogen-bond acceptors (Lipinski definition) is 3. The van der Waals surface area contributed by atoms with Gasteiger partial charge in [-0.1, -0.05) is 26.0 Å². The quantitative estimate of drug-likeness (QED) is 0.714. The average Bonchev–Trinajstić information content (AvgIpc) is 2.42. The second-order valence-electron chi connectivity index (χ2n) is 5.20. The monoisotopic (exact) mass is 291 g/mol. The fourth-order valence-electron chi connectivity index (χ4n) is 1.89. The number of nitrogens with one attached hydrogen (secondary N) is 2. The molecule has 0 fully saturated rings. The topological polar surface area (TPSA) is 101 Å². The Labute approximate surface area is 124 Å². The first-order valence-corrected chi connectivity index (χ1v) is 6.74. The maximum absolute atomic E-state index is 12.1. The van der Waals surface area contributed by atoms with Gasteiger partial charge in [-0.15, -0.1) is 0 Å². The van der Waals surface area contributed by atoms with Gasteiger partial charge in [0.15, 0.2) is 0 Å². The van der Waals surface area contributed by atoms with Crippen molar-refractivity contribution in [3.05, 3.63) is 35.4 Å². The summed E-state index contributed by atoms with van der Waals surface area (Å²) in [5, 5.41) is 5.37. The molecule has 1 aromatic carbocycles. The molecule has 0 aliphatic carbocycles. The third-order valence-electron chi connectivity index (χ3n) is 2.99. The van der Waals surface area contributed by atoms with Crippen LogP contribution in [0.1, 0.15) is 36.7 Å². The predicted octanol–water partition coefficient (Wildman–Crippen LogP) is 0.562. The van der Waals surface area contributed by atoms with Gasteiger partial charge in [-0.3, -0.25) is 14.4 Å². The van der Waals surface area contributed by atoms with Crippen LogP contribution in [0.15, 0.2) is 24.3 Å². The van der Waals surface area contributed by atoms with Gasteiger partial charge in [-0.2, -0.15) is 0 Å². The molecule has 3 amide bonds. The summed E-state index contributed by atoms with van der Waals surface area (Å²) in [5.74, 6) is -1.04. The van der Waals surface area contributed by atoms with Gasteiger partial charge in [-0.05, 0) is 23.6 Å². The molecule has 1 aromatic rings. The number of benzene rings is 1. The molecule has 1 rings (SSSR count). The summed E-state index contributed by atoms with van der Waals surface area (Å²) in [6.45, 7) is 5.35. The average molecular weight is 291 g/mol. The van der Waals surface area contributed by atoms with E-state index in [9.17, 15) is 14.4 Å². The Balaban J connectivity index is 2.68. The van der Waals surface area contributed by atoms with Crippen LogP contribution in [0.2, 0.25) is 0 Å². The van der Waals surface area contributed by atoms with E-state index in [0.29, 0.717) is 5.56 Å². The molecule has 21 heavy (non-hydrogen) atoms. The van der Waals surface area contributed by atoms with Crippen molar-refractivity contribution in [2.75, 3.05) is 0 Å². The molecule has 0 heterocycles. The molecule has 0 bridgehead atoms. The Morgan fingerprint density at radius 2 is 1.90 bits per heavy atom. The van der Waals surface area contributed by atoms with E-state index in [4.69, 9.17) is 5.73 Å². The van der Waals surface area contributed by atoms with Crippen molar-refractivity contribution >= 4 is 17.7 Å². The number of primary amides is 1. The molecule has 0 radical (unpaired) electrons. The third-order valence-corrected chi connectivity index (χ3v) is 2.99. The molecule has 0 aliphatic heterocycles. The molecule has 1 unspecified atom stereocenters. The predicted molar refractivity (Wildman–Crippen MR) is 79.2 cm³/mol. The Morgan fingerprint density at radius 1 is 1.24 bits per heavy atom. The number of amides is 3. The lowest BCUT2D eigenvalue weighted by atomic mass is 10.0. The van der Waals surface area contributed by atoms with Crippen LogP contribution in [-0.4, -0.2) is 23.8 Å². The number of nitrogens with two attached hydrogens (primary N) is 1. The highest BCUT2D eigenvalue weighted by atomic mass is 16.2. The second kappa shape index (κ2) is 7.42. The van der Waals surface area contributed by atoms with Crippen LogP contribution in [-0.2, 0) is 16.1 Å². The first-order valence-electron chi connectivity index (χ1n) is 6.74. The SMILES string of the molecule is CC(=O)NC(C(=O)NCc1cccc(C(N)=O)c1)C(C)C. The Hall–Kier alpha value is -2.37.